The third-order valence-corrected chi connectivity index (χ3v) is 5.63. The summed E-state index contributed by atoms with van der Waals surface area (Å²) in [6.45, 7) is 6.05. The van der Waals surface area contributed by atoms with Gasteiger partial charge in [0, 0.05) is 5.69 Å². The first-order chi connectivity index (χ1) is 14.9. The Labute approximate surface area is 180 Å². The summed E-state index contributed by atoms with van der Waals surface area (Å²) in [7, 11) is 0. The summed E-state index contributed by atoms with van der Waals surface area (Å²) in [5.41, 5.74) is 3.46. The van der Waals surface area contributed by atoms with E-state index < -0.39 is 23.9 Å². The van der Waals surface area contributed by atoms with Gasteiger partial charge in [0.05, 0.1) is 5.69 Å². The number of nitrogens with one attached hydrogen (secondary N) is 1. The van der Waals surface area contributed by atoms with Gasteiger partial charge in [0.1, 0.15) is 6.54 Å². The highest BCUT2D eigenvalue weighted by molar-refractivity contribution is 6.25. The van der Waals surface area contributed by atoms with Crippen LogP contribution in [0.5, 0.6) is 0 Å². The lowest BCUT2D eigenvalue weighted by molar-refractivity contribution is -0.123. The van der Waals surface area contributed by atoms with Crippen LogP contribution < -0.4 is 10.2 Å². The maximum atomic E-state index is 13.0. The predicted molar refractivity (Wildman–Crippen MR) is 117 cm³/mol. The maximum absolute atomic E-state index is 13.0. The van der Waals surface area contributed by atoms with Crippen LogP contribution >= 0.6 is 0 Å². The van der Waals surface area contributed by atoms with Gasteiger partial charge in [0.15, 0.2) is 12.1 Å². The van der Waals surface area contributed by atoms with Crippen molar-refractivity contribution in [2.45, 2.75) is 45.2 Å². The minimum atomic E-state index is -0.922. The van der Waals surface area contributed by atoms with Crippen molar-refractivity contribution in [1.29, 1.82) is 0 Å². The molecular weight excluding hydrogens is 394 g/mol. The topological polar surface area (TPSA) is 94.4 Å². The molecule has 3 amide bonds. The molecule has 0 aliphatic carbocycles. The Balaban J connectivity index is 1.45. The summed E-state index contributed by atoms with van der Waals surface area (Å²) in [6, 6.07) is 13.1. The molecule has 2 heterocycles. The van der Waals surface area contributed by atoms with Gasteiger partial charge >= 0.3 is 0 Å². The molecule has 8 nitrogen and oxygen atoms in total. The lowest BCUT2D eigenvalue weighted by atomic mass is 10.0. The van der Waals surface area contributed by atoms with Crippen molar-refractivity contribution in [2.24, 2.45) is 10.3 Å². The highest BCUT2D eigenvalue weighted by Crippen LogP contribution is 2.32. The Morgan fingerprint density at radius 2 is 1.71 bits per heavy atom. The molecule has 2 unspecified atom stereocenters. The van der Waals surface area contributed by atoms with Gasteiger partial charge in [-0.2, -0.15) is 5.11 Å². The van der Waals surface area contributed by atoms with E-state index in [1.807, 2.05) is 36.4 Å². The van der Waals surface area contributed by atoms with Gasteiger partial charge in [0.2, 0.25) is 5.91 Å². The number of rotatable bonds is 6. The predicted octanol–water partition coefficient (Wildman–Crippen LogP) is 3.30. The molecule has 8 heteroatoms. The van der Waals surface area contributed by atoms with Crippen LogP contribution in [0, 0.1) is 0 Å². The second-order valence-corrected chi connectivity index (χ2v) is 8.05. The van der Waals surface area contributed by atoms with E-state index in [1.165, 1.54) is 10.6 Å². The van der Waals surface area contributed by atoms with Crippen molar-refractivity contribution < 1.29 is 14.4 Å². The molecule has 4 rings (SSSR count). The number of fused-ring (bicyclic) bond motifs is 1. The number of carbonyl (C=O) groups is 3. The van der Waals surface area contributed by atoms with Crippen molar-refractivity contribution in [3.8, 4) is 0 Å². The van der Waals surface area contributed by atoms with Gasteiger partial charge in [-0.05, 0) is 47.7 Å². The van der Waals surface area contributed by atoms with Crippen LogP contribution in [0.25, 0.3) is 0 Å². The molecule has 0 aromatic heterocycles. The van der Waals surface area contributed by atoms with Crippen LogP contribution in [-0.2, 0) is 20.8 Å². The molecule has 160 valence electrons. The highest BCUT2D eigenvalue weighted by atomic mass is 16.2. The van der Waals surface area contributed by atoms with Crippen LogP contribution in [0.4, 0.5) is 11.4 Å². The average molecular weight is 419 g/mol. The summed E-state index contributed by atoms with van der Waals surface area (Å²) < 4.78 is 0. The monoisotopic (exact) mass is 419 g/mol. The fourth-order valence-electron chi connectivity index (χ4n) is 3.79. The Morgan fingerprint density at radius 1 is 1.03 bits per heavy atom. The number of benzene rings is 2. The average Bonchev–Trinajstić information content (AvgIpc) is 3.28. The third-order valence-electron chi connectivity index (χ3n) is 5.63. The zero-order valence-electron chi connectivity index (χ0n) is 17.8. The minimum absolute atomic E-state index is 0.167. The zero-order valence-corrected chi connectivity index (χ0v) is 17.8. The van der Waals surface area contributed by atoms with Crippen LogP contribution in [0.15, 0.2) is 58.9 Å². The summed E-state index contributed by atoms with van der Waals surface area (Å²) in [6.07, 6.45) is 0.915. The van der Waals surface area contributed by atoms with E-state index in [-0.39, 0.29) is 12.5 Å². The van der Waals surface area contributed by atoms with E-state index in [1.54, 1.807) is 12.1 Å². The van der Waals surface area contributed by atoms with Crippen LogP contribution in [0.2, 0.25) is 0 Å². The fourth-order valence-corrected chi connectivity index (χ4v) is 3.79. The second-order valence-electron chi connectivity index (χ2n) is 8.05. The molecule has 2 aliphatic rings. The number of aryl methyl sites for hydroxylation is 1. The molecule has 2 aliphatic heterocycles. The van der Waals surface area contributed by atoms with Gasteiger partial charge in [-0.3, -0.25) is 19.4 Å². The first-order valence-corrected chi connectivity index (χ1v) is 10.4. The lowest BCUT2D eigenvalue weighted by Crippen LogP contribution is -2.43. The number of nitrogens with zero attached hydrogens (tertiary/aromatic N) is 4. The number of imide groups is 1. The molecule has 0 radical (unpaired) electrons. The van der Waals surface area contributed by atoms with Gasteiger partial charge in [0.25, 0.3) is 11.8 Å². The first-order valence-electron chi connectivity index (χ1n) is 10.4. The largest absolute Gasteiger partial charge is 0.324 e. The molecule has 1 saturated heterocycles. The van der Waals surface area contributed by atoms with Gasteiger partial charge in [-0.25, -0.2) is 4.90 Å². The molecule has 0 spiro atoms. The maximum Gasteiger partial charge on any atom is 0.263 e. The SMILES string of the molecule is CCc1ccc(NC(=O)CN2N=NC3C(=O)N(c4ccc(C(C)C)cc4)C(=O)C32)cc1. The third kappa shape index (κ3) is 3.93. The van der Waals surface area contributed by atoms with Crippen molar-refractivity contribution in [1.82, 2.24) is 5.01 Å². The molecule has 2 atom stereocenters. The molecule has 2 aromatic carbocycles. The number of hydrogen-bond acceptors (Lipinski definition) is 6. The second kappa shape index (κ2) is 8.29. The Kier molecular flexibility index (Phi) is 5.54. The quantitative estimate of drug-likeness (QED) is 0.727. The van der Waals surface area contributed by atoms with Crippen molar-refractivity contribution in [2.75, 3.05) is 16.8 Å². The Bertz CT molecular complexity index is 1030. The molecule has 31 heavy (non-hydrogen) atoms. The van der Waals surface area contributed by atoms with E-state index >= 15 is 0 Å². The highest BCUT2D eigenvalue weighted by Gasteiger charge is 2.55. The summed E-state index contributed by atoms with van der Waals surface area (Å²) in [5, 5.41) is 12.0. The lowest BCUT2D eigenvalue weighted by Gasteiger charge is -2.20. The summed E-state index contributed by atoms with van der Waals surface area (Å²) in [5.74, 6) is -0.824. The molecule has 0 saturated carbocycles. The van der Waals surface area contributed by atoms with Gasteiger partial charge in [-0.15, -0.1) is 0 Å². The number of carbonyl (C=O) groups excluding carboxylic acids is 3. The molecule has 0 bridgehead atoms. The normalized spacial score (nSPS) is 20.0. The van der Waals surface area contributed by atoms with Crippen molar-refractivity contribution >= 4 is 29.1 Å². The fraction of sp³-hybridized carbons (Fsp3) is 0.348. The zero-order chi connectivity index (χ0) is 22.1. The Morgan fingerprint density at radius 3 is 2.32 bits per heavy atom. The molecule has 1 fully saturated rings. The van der Waals surface area contributed by atoms with Crippen molar-refractivity contribution in [3.05, 3.63) is 59.7 Å². The van der Waals surface area contributed by atoms with Crippen LogP contribution in [0.3, 0.4) is 0 Å². The van der Waals surface area contributed by atoms with Crippen LogP contribution in [-0.4, -0.2) is 41.4 Å². The van der Waals surface area contributed by atoms with Crippen LogP contribution in [0.1, 0.15) is 37.8 Å². The number of amides is 3. The van der Waals surface area contributed by atoms with E-state index in [4.69, 9.17) is 0 Å². The summed E-state index contributed by atoms with van der Waals surface area (Å²) >= 11 is 0. The standard InChI is InChI=1S/C23H25N5O3/c1-4-15-5-9-17(10-6-15)24-19(29)13-27-21-20(25-26-27)22(30)28(23(21)31)18-11-7-16(8-12-18)14(2)3/h5-12,14,20-21H,4,13H2,1-3H3,(H,24,29). The van der Waals surface area contributed by atoms with Gasteiger partial charge < -0.3 is 5.32 Å². The van der Waals surface area contributed by atoms with E-state index in [0.717, 1.165) is 16.9 Å². The summed E-state index contributed by atoms with van der Waals surface area (Å²) in [4.78, 5) is 39.5. The number of hydrogen-bond donors (Lipinski definition) is 1. The minimum Gasteiger partial charge on any atom is -0.324 e. The van der Waals surface area contributed by atoms with E-state index in [9.17, 15) is 14.4 Å². The van der Waals surface area contributed by atoms with Gasteiger partial charge in [-0.1, -0.05) is 50.3 Å². The first kappa shape index (κ1) is 20.7. The molecule has 1 N–H and O–H groups in total. The Hall–Kier alpha value is -3.55. The number of anilines is 2. The van der Waals surface area contributed by atoms with E-state index in [0.29, 0.717) is 17.3 Å². The smallest absolute Gasteiger partial charge is 0.263 e. The molecule has 2 aromatic rings. The van der Waals surface area contributed by atoms with Crippen molar-refractivity contribution in [3.63, 3.8) is 0 Å². The molecular formula is C23H25N5O3. The van der Waals surface area contributed by atoms with E-state index in [2.05, 4.69) is 36.4 Å².